The summed E-state index contributed by atoms with van der Waals surface area (Å²) < 4.78 is 0.996. The van der Waals surface area contributed by atoms with Gasteiger partial charge in [-0.3, -0.25) is 9.59 Å². The van der Waals surface area contributed by atoms with E-state index in [1.54, 1.807) is 18.7 Å². The summed E-state index contributed by atoms with van der Waals surface area (Å²) in [5.74, 6) is -0.110. The van der Waals surface area contributed by atoms with Gasteiger partial charge in [0.1, 0.15) is 11.6 Å². The molecule has 0 radical (unpaired) electrons. The summed E-state index contributed by atoms with van der Waals surface area (Å²) in [6.45, 7) is 5.91. The smallest absolute Gasteiger partial charge is 0.248 e. The number of carbonyl (C=O) groups is 2. The lowest BCUT2D eigenvalue weighted by Crippen LogP contribution is -2.68. The lowest BCUT2D eigenvalue weighted by molar-refractivity contribution is -0.154. The van der Waals surface area contributed by atoms with Gasteiger partial charge in [0.2, 0.25) is 11.8 Å². The van der Waals surface area contributed by atoms with Crippen LogP contribution in [-0.2, 0) is 16.1 Å². The molecule has 1 aliphatic heterocycles. The van der Waals surface area contributed by atoms with Gasteiger partial charge in [0.15, 0.2) is 0 Å². The molecule has 1 heterocycles. The minimum atomic E-state index is -0.793. The van der Waals surface area contributed by atoms with Crippen LogP contribution in [0.3, 0.4) is 0 Å². The van der Waals surface area contributed by atoms with Crippen LogP contribution < -0.4 is 5.32 Å². The van der Waals surface area contributed by atoms with Gasteiger partial charge in [-0.05, 0) is 38.0 Å². The molecule has 0 aromatic heterocycles. The third-order valence-electron chi connectivity index (χ3n) is 3.95. The van der Waals surface area contributed by atoms with Gasteiger partial charge < -0.3 is 10.2 Å². The van der Waals surface area contributed by atoms with E-state index in [9.17, 15) is 9.59 Å². The van der Waals surface area contributed by atoms with Gasteiger partial charge in [0.25, 0.3) is 0 Å². The standard InChI is InChI=1S/C15H19BrN2O2/c1-4-15(3)14(20)18(10(2)13(19)17-15)9-11-5-7-12(16)8-6-11/h5-8,10H,4,9H2,1-3H3,(H,17,19). The Morgan fingerprint density at radius 2 is 1.90 bits per heavy atom. The zero-order valence-corrected chi connectivity index (χ0v) is 13.5. The van der Waals surface area contributed by atoms with Crippen molar-refractivity contribution in [2.45, 2.75) is 45.3 Å². The van der Waals surface area contributed by atoms with Gasteiger partial charge in [-0.25, -0.2) is 0 Å². The van der Waals surface area contributed by atoms with Crippen LogP contribution >= 0.6 is 15.9 Å². The quantitative estimate of drug-likeness (QED) is 0.920. The van der Waals surface area contributed by atoms with Crippen LogP contribution in [0.15, 0.2) is 28.7 Å². The summed E-state index contributed by atoms with van der Waals surface area (Å²) in [4.78, 5) is 26.3. The molecule has 1 N–H and O–H groups in total. The number of nitrogens with zero attached hydrogens (tertiary/aromatic N) is 1. The third kappa shape index (κ3) is 2.73. The molecule has 20 heavy (non-hydrogen) atoms. The van der Waals surface area contributed by atoms with Gasteiger partial charge in [-0.15, -0.1) is 0 Å². The van der Waals surface area contributed by atoms with E-state index in [4.69, 9.17) is 0 Å². The largest absolute Gasteiger partial charge is 0.340 e. The number of nitrogens with one attached hydrogen (secondary N) is 1. The molecule has 4 nitrogen and oxygen atoms in total. The summed E-state index contributed by atoms with van der Waals surface area (Å²) in [6, 6.07) is 7.35. The zero-order chi connectivity index (χ0) is 14.9. The van der Waals surface area contributed by atoms with Gasteiger partial charge >= 0.3 is 0 Å². The maximum atomic E-state index is 12.6. The topological polar surface area (TPSA) is 49.4 Å². The molecule has 2 atom stereocenters. The van der Waals surface area contributed by atoms with Crippen LogP contribution in [0.2, 0.25) is 0 Å². The minimum absolute atomic E-state index is 0.0185. The van der Waals surface area contributed by atoms with Crippen molar-refractivity contribution in [1.29, 1.82) is 0 Å². The van der Waals surface area contributed by atoms with Crippen molar-refractivity contribution in [1.82, 2.24) is 10.2 Å². The molecular formula is C15H19BrN2O2. The number of amides is 2. The van der Waals surface area contributed by atoms with Crippen molar-refractivity contribution >= 4 is 27.7 Å². The molecule has 2 unspecified atom stereocenters. The molecule has 0 aliphatic carbocycles. The van der Waals surface area contributed by atoms with Gasteiger partial charge in [-0.2, -0.15) is 0 Å². The summed E-state index contributed by atoms with van der Waals surface area (Å²) in [5, 5.41) is 2.83. The minimum Gasteiger partial charge on any atom is -0.340 e. The molecule has 1 saturated heterocycles. The second-order valence-electron chi connectivity index (χ2n) is 5.41. The molecule has 1 aromatic carbocycles. The second kappa shape index (κ2) is 5.56. The van der Waals surface area contributed by atoms with Crippen LogP contribution in [0.25, 0.3) is 0 Å². The van der Waals surface area contributed by atoms with Crippen molar-refractivity contribution in [3.05, 3.63) is 34.3 Å². The number of carbonyl (C=O) groups excluding carboxylic acids is 2. The molecular weight excluding hydrogens is 320 g/mol. The van der Waals surface area contributed by atoms with Crippen molar-refractivity contribution < 1.29 is 9.59 Å². The van der Waals surface area contributed by atoms with Crippen molar-refractivity contribution in [2.75, 3.05) is 0 Å². The Bertz CT molecular complexity index is 529. The molecule has 0 saturated carbocycles. The van der Waals surface area contributed by atoms with Crippen LogP contribution in [0.1, 0.15) is 32.8 Å². The van der Waals surface area contributed by atoms with E-state index in [2.05, 4.69) is 21.2 Å². The maximum Gasteiger partial charge on any atom is 0.248 e. The number of rotatable bonds is 3. The second-order valence-corrected chi connectivity index (χ2v) is 6.33. The fourth-order valence-electron chi connectivity index (χ4n) is 2.30. The molecule has 0 spiro atoms. The monoisotopic (exact) mass is 338 g/mol. The van der Waals surface area contributed by atoms with E-state index in [1.165, 1.54) is 0 Å². The summed E-state index contributed by atoms with van der Waals surface area (Å²) in [5.41, 5.74) is 0.223. The molecule has 1 fully saturated rings. The molecule has 5 heteroatoms. The van der Waals surface area contributed by atoms with Crippen molar-refractivity contribution in [3.8, 4) is 0 Å². The van der Waals surface area contributed by atoms with E-state index >= 15 is 0 Å². The van der Waals surface area contributed by atoms with E-state index in [1.807, 2.05) is 31.2 Å². The third-order valence-corrected chi connectivity index (χ3v) is 4.48. The van der Waals surface area contributed by atoms with Crippen molar-refractivity contribution in [3.63, 3.8) is 0 Å². The number of hydrogen-bond donors (Lipinski definition) is 1. The highest BCUT2D eigenvalue weighted by molar-refractivity contribution is 9.10. The first-order chi connectivity index (χ1) is 9.37. The van der Waals surface area contributed by atoms with Gasteiger partial charge in [0.05, 0.1) is 0 Å². The SMILES string of the molecule is CCC1(C)NC(=O)C(C)N(Cc2ccc(Br)cc2)C1=O. The predicted octanol–water partition coefficient (Wildman–Crippen LogP) is 2.46. The zero-order valence-electron chi connectivity index (χ0n) is 11.9. The van der Waals surface area contributed by atoms with Crippen LogP contribution in [0.5, 0.6) is 0 Å². The fraction of sp³-hybridized carbons (Fsp3) is 0.467. The molecule has 1 aromatic rings. The van der Waals surface area contributed by atoms with Crippen LogP contribution in [-0.4, -0.2) is 28.3 Å². The normalized spacial score (nSPS) is 26.6. The Balaban J connectivity index is 2.25. The molecule has 2 amide bonds. The first kappa shape index (κ1) is 15.0. The number of halogens is 1. The summed E-state index contributed by atoms with van der Waals surface area (Å²) in [7, 11) is 0. The number of piperazine rings is 1. The van der Waals surface area contributed by atoms with E-state index < -0.39 is 11.6 Å². The fourth-order valence-corrected chi connectivity index (χ4v) is 2.56. The predicted molar refractivity (Wildman–Crippen MR) is 81.0 cm³/mol. The number of benzene rings is 1. The first-order valence-electron chi connectivity index (χ1n) is 6.75. The maximum absolute atomic E-state index is 12.6. The lowest BCUT2D eigenvalue weighted by atomic mass is 9.92. The average Bonchev–Trinajstić information content (AvgIpc) is 2.43. The number of hydrogen-bond acceptors (Lipinski definition) is 2. The molecule has 2 rings (SSSR count). The van der Waals surface area contributed by atoms with Crippen LogP contribution in [0.4, 0.5) is 0 Å². The van der Waals surface area contributed by atoms with Crippen molar-refractivity contribution in [2.24, 2.45) is 0 Å². The molecule has 108 valence electrons. The highest BCUT2D eigenvalue weighted by atomic mass is 79.9. The van der Waals surface area contributed by atoms with E-state index in [0.717, 1.165) is 10.0 Å². The Kier molecular flexibility index (Phi) is 4.18. The van der Waals surface area contributed by atoms with Gasteiger partial charge in [0, 0.05) is 11.0 Å². The highest BCUT2D eigenvalue weighted by Gasteiger charge is 2.45. The summed E-state index contributed by atoms with van der Waals surface area (Å²) in [6.07, 6.45) is 0.584. The van der Waals surface area contributed by atoms with E-state index in [0.29, 0.717) is 13.0 Å². The Hall–Kier alpha value is -1.36. The molecule has 0 bridgehead atoms. The van der Waals surface area contributed by atoms with E-state index in [-0.39, 0.29) is 11.8 Å². The molecule has 1 aliphatic rings. The lowest BCUT2D eigenvalue weighted by Gasteiger charge is -2.43. The first-order valence-corrected chi connectivity index (χ1v) is 7.54. The average molecular weight is 339 g/mol. The summed E-state index contributed by atoms with van der Waals surface area (Å²) >= 11 is 3.39. The highest BCUT2D eigenvalue weighted by Crippen LogP contribution is 2.23. The Labute approximate surface area is 127 Å². The Morgan fingerprint density at radius 3 is 2.45 bits per heavy atom. The van der Waals surface area contributed by atoms with Gasteiger partial charge in [-0.1, -0.05) is 35.0 Å². The Morgan fingerprint density at radius 1 is 1.30 bits per heavy atom. The van der Waals surface area contributed by atoms with Crippen LogP contribution in [0, 0.1) is 0 Å².